The Bertz CT molecular complexity index is 798. The molecular weight excluding hydrogens is 433 g/mol. The zero-order valence-electron chi connectivity index (χ0n) is 12.8. The van der Waals surface area contributed by atoms with Gasteiger partial charge >= 0.3 is 0 Å². The van der Waals surface area contributed by atoms with E-state index in [4.69, 9.17) is 32.7 Å². The first-order chi connectivity index (χ1) is 11.6. The number of methoxy groups -OCH3 is 1. The zero-order chi connectivity index (χ0) is 17.1. The highest BCUT2D eigenvalue weighted by molar-refractivity contribution is 9.10. The molecule has 0 unspecified atom stereocenters. The normalized spacial score (nSPS) is 13.8. The maximum absolute atomic E-state index is 6.04. The number of aliphatic imine (C=N–C) groups is 1. The van der Waals surface area contributed by atoms with Crippen molar-refractivity contribution in [3.05, 3.63) is 56.0 Å². The smallest absolute Gasteiger partial charge is 0.175 e. The summed E-state index contributed by atoms with van der Waals surface area (Å²) >= 11 is 17.3. The van der Waals surface area contributed by atoms with Crippen LogP contribution < -0.4 is 9.47 Å². The molecule has 0 aromatic heterocycles. The third-order valence-electron chi connectivity index (χ3n) is 3.43. The Morgan fingerprint density at radius 3 is 2.71 bits per heavy atom. The highest BCUT2D eigenvalue weighted by atomic mass is 79.9. The van der Waals surface area contributed by atoms with Gasteiger partial charge in [0.1, 0.15) is 6.61 Å². The number of hydrogen-bond donors (Lipinski definition) is 0. The number of hydrogen-bond acceptors (Lipinski definition) is 4. The second-order valence-corrected chi connectivity index (χ2v) is 7.81. The van der Waals surface area contributed by atoms with Crippen LogP contribution >= 0.6 is 50.9 Å². The fourth-order valence-corrected chi connectivity index (χ4v) is 4.00. The standard InChI is InChI=1S/C17H14BrCl2NO2S/c1-22-15-8-11(17-21-4-5-24-17)7-12(18)16(15)23-9-10-2-3-13(19)14(20)6-10/h2-3,6-8H,4-5,9H2,1H3. The Hall–Kier alpha value is -0.880. The van der Waals surface area contributed by atoms with Gasteiger partial charge in [0.2, 0.25) is 0 Å². The molecule has 24 heavy (non-hydrogen) atoms. The maximum atomic E-state index is 6.04. The first-order valence-electron chi connectivity index (χ1n) is 7.20. The molecule has 0 spiro atoms. The molecule has 1 aliphatic rings. The van der Waals surface area contributed by atoms with Crippen LogP contribution in [0.2, 0.25) is 10.0 Å². The molecule has 2 aromatic carbocycles. The molecule has 126 valence electrons. The van der Waals surface area contributed by atoms with Crippen molar-refractivity contribution in [1.82, 2.24) is 0 Å². The number of halogens is 3. The summed E-state index contributed by atoms with van der Waals surface area (Å²) in [5.41, 5.74) is 1.96. The van der Waals surface area contributed by atoms with Gasteiger partial charge in [0.15, 0.2) is 11.5 Å². The molecular formula is C17H14BrCl2NO2S. The Kier molecular flexibility index (Phi) is 5.98. The predicted octanol–water partition coefficient (Wildman–Crippen LogP) is 5.84. The van der Waals surface area contributed by atoms with E-state index in [0.717, 1.165) is 32.9 Å². The maximum Gasteiger partial charge on any atom is 0.175 e. The van der Waals surface area contributed by atoms with E-state index in [1.165, 1.54) is 0 Å². The average molecular weight is 447 g/mol. The highest BCUT2D eigenvalue weighted by Crippen LogP contribution is 2.38. The van der Waals surface area contributed by atoms with Gasteiger partial charge in [-0.3, -0.25) is 4.99 Å². The Morgan fingerprint density at radius 1 is 1.21 bits per heavy atom. The van der Waals surface area contributed by atoms with E-state index in [1.807, 2.05) is 18.2 Å². The average Bonchev–Trinajstić information content (AvgIpc) is 3.10. The topological polar surface area (TPSA) is 30.8 Å². The van der Waals surface area contributed by atoms with E-state index in [2.05, 4.69) is 20.9 Å². The molecule has 0 fully saturated rings. The molecule has 3 rings (SSSR count). The molecule has 2 aromatic rings. The minimum absolute atomic E-state index is 0.362. The summed E-state index contributed by atoms with van der Waals surface area (Å²) in [5.74, 6) is 2.33. The van der Waals surface area contributed by atoms with Gasteiger partial charge in [-0.25, -0.2) is 0 Å². The first-order valence-corrected chi connectivity index (χ1v) is 9.74. The van der Waals surface area contributed by atoms with Crippen LogP contribution in [0.3, 0.4) is 0 Å². The fraction of sp³-hybridized carbons (Fsp3) is 0.235. The lowest BCUT2D eigenvalue weighted by Crippen LogP contribution is -2.01. The van der Waals surface area contributed by atoms with Crippen LogP contribution in [0.25, 0.3) is 0 Å². The molecule has 0 amide bonds. The molecule has 3 nitrogen and oxygen atoms in total. The Labute approximate surface area is 163 Å². The number of ether oxygens (including phenoxy) is 2. The second kappa shape index (κ2) is 8.00. The van der Waals surface area contributed by atoms with Crippen molar-refractivity contribution in [1.29, 1.82) is 0 Å². The van der Waals surface area contributed by atoms with Crippen LogP contribution in [0.15, 0.2) is 39.8 Å². The van der Waals surface area contributed by atoms with E-state index in [9.17, 15) is 0 Å². The van der Waals surface area contributed by atoms with Crippen molar-refractivity contribution in [3.8, 4) is 11.5 Å². The molecule has 0 N–H and O–H groups in total. The van der Waals surface area contributed by atoms with E-state index >= 15 is 0 Å². The van der Waals surface area contributed by atoms with Crippen LogP contribution in [0.1, 0.15) is 11.1 Å². The molecule has 0 atom stereocenters. The predicted molar refractivity (Wildman–Crippen MR) is 105 cm³/mol. The van der Waals surface area contributed by atoms with E-state index in [-0.39, 0.29) is 0 Å². The summed E-state index contributed by atoms with van der Waals surface area (Å²) in [7, 11) is 1.63. The van der Waals surface area contributed by atoms with Gasteiger partial charge in [-0.1, -0.05) is 29.3 Å². The molecule has 0 bridgehead atoms. The first kappa shape index (κ1) is 17.9. The summed E-state index contributed by atoms with van der Waals surface area (Å²) in [4.78, 5) is 4.50. The van der Waals surface area contributed by atoms with E-state index in [1.54, 1.807) is 31.0 Å². The number of nitrogens with zero attached hydrogens (tertiary/aromatic N) is 1. The second-order valence-electron chi connectivity index (χ2n) is 5.06. The molecule has 0 saturated carbocycles. The molecule has 0 aliphatic carbocycles. The summed E-state index contributed by atoms with van der Waals surface area (Å²) < 4.78 is 12.3. The van der Waals surface area contributed by atoms with E-state index < -0.39 is 0 Å². The van der Waals surface area contributed by atoms with E-state index in [0.29, 0.717) is 28.2 Å². The van der Waals surface area contributed by atoms with Gasteiger partial charge in [-0.15, -0.1) is 11.8 Å². The van der Waals surface area contributed by atoms with Gasteiger partial charge < -0.3 is 9.47 Å². The minimum atomic E-state index is 0.362. The molecule has 1 heterocycles. The van der Waals surface area contributed by atoms with Crippen LogP contribution in [-0.4, -0.2) is 24.5 Å². The van der Waals surface area contributed by atoms with Crippen LogP contribution in [0.5, 0.6) is 11.5 Å². The lowest BCUT2D eigenvalue weighted by molar-refractivity contribution is 0.282. The molecule has 0 radical (unpaired) electrons. The third kappa shape index (κ3) is 4.02. The van der Waals surface area contributed by atoms with Crippen LogP contribution in [0, 0.1) is 0 Å². The largest absolute Gasteiger partial charge is 0.493 e. The van der Waals surface area contributed by atoms with Crippen molar-refractivity contribution in [2.75, 3.05) is 19.4 Å². The number of benzene rings is 2. The van der Waals surface area contributed by atoms with Crippen molar-refractivity contribution in [2.45, 2.75) is 6.61 Å². The number of rotatable bonds is 5. The third-order valence-corrected chi connectivity index (χ3v) is 5.78. The quantitative estimate of drug-likeness (QED) is 0.578. The fourth-order valence-electron chi connectivity index (χ4n) is 2.28. The van der Waals surface area contributed by atoms with Gasteiger partial charge in [0.25, 0.3) is 0 Å². The molecule has 1 aliphatic heterocycles. The Balaban J connectivity index is 1.83. The lowest BCUT2D eigenvalue weighted by atomic mass is 10.2. The summed E-state index contributed by atoms with van der Waals surface area (Å²) in [5, 5.41) is 2.07. The minimum Gasteiger partial charge on any atom is -0.493 e. The Morgan fingerprint density at radius 2 is 2.04 bits per heavy atom. The van der Waals surface area contributed by atoms with Gasteiger partial charge in [0, 0.05) is 17.9 Å². The van der Waals surface area contributed by atoms with Crippen molar-refractivity contribution >= 4 is 55.9 Å². The van der Waals surface area contributed by atoms with Crippen molar-refractivity contribution in [3.63, 3.8) is 0 Å². The summed E-state index contributed by atoms with van der Waals surface area (Å²) in [6.07, 6.45) is 0. The number of thioether (sulfide) groups is 1. The SMILES string of the molecule is COc1cc(C2=NCCS2)cc(Br)c1OCc1ccc(Cl)c(Cl)c1. The van der Waals surface area contributed by atoms with Crippen molar-refractivity contribution < 1.29 is 9.47 Å². The van der Waals surface area contributed by atoms with Crippen LogP contribution in [0.4, 0.5) is 0 Å². The summed E-state index contributed by atoms with van der Waals surface area (Å²) in [6, 6.07) is 9.39. The molecule has 7 heteroatoms. The van der Waals surface area contributed by atoms with Crippen LogP contribution in [-0.2, 0) is 6.61 Å². The molecule has 0 saturated heterocycles. The monoisotopic (exact) mass is 445 g/mol. The highest BCUT2D eigenvalue weighted by Gasteiger charge is 2.17. The lowest BCUT2D eigenvalue weighted by Gasteiger charge is -2.14. The zero-order valence-corrected chi connectivity index (χ0v) is 16.7. The summed E-state index contributed by atoms with van der Waals surface area (Å²) in [6.45, 7) is 1.22. The van der Waals surface area contributed by atoms with Crippen molar-refractivity contribution in [2.24, 2.45) is 4.99 Å². The van der Waals surface area contributed by atoms with Gasteiger partial charge in [-0.05, 0) is 45.8 Å². The van der Waals surface area contributed by atoms with Gasteiger partial charge in [-0.2, -0.15) is 0 Å². The van der Waals surface area contributed by atoms with Gasteiger partial charge in [0.05, 0.1) is 26.7 Å².